The van der Waals surface area contributed by atoms with Crippen molar-refractivity contribution in [1.29, 1.82) is 0 Å². The Bertz CT molecular complexity index is 2750. The summed E-state index contributed by atoms with van der Waals surface area (Å²) in [6, 6.07) is 49.6. The van der Waals surface area contributed by atoms with E-state index in [0.29, 0.717) is 5.82 Å². The maximum atomic E-state index is 12.5. The SMILES string of the molecule is Cn1c(=O)n(C)c2cc(-c3ccc(-c4cc(-c5ccccc5-c5cccc6c5oc5ccccc56)nc(-c5ccccc5)n4)cc3)ccc21. The highest BCUT2D eigenvalue weighted by Crippen LogP contribution is 2.40. The zero-order valence-corrected chi connectivity index (χ0v) is 27.0. The second-order valence-corrected chi connectivity index (χ2v) is 12.3. The molecule has 0 N–H and O–H groups in total. The molecule has 6 heteroatoms. The molecule has 0 aliphatic carbocycles. The van der Waals surface area contributed by atoms with E-state index in [4.69, 9.17) is 14.4 Å². The minimum absolute atomic E-state index is 0.0351. The van der Waals surface area contributed by atoms with E-state index in [-0.39, 0.29) is 5.69 Å². The Kier molecular flexibility index (Phi) is 6.62. The second-order valence-electron chi connectivity index (χ2n) is 12.3. The van der Waals surface area contributed by atoms with Crippen LogP contribution < -0.4 is 5.69 Å². The number of para-hydroxylation sites is 2. The number of rotatable bonds is 5. The van der Waals surface area contributed by atoms with Crippen LogP contribution in [0.15, 0.2) is 155 Å². The van der Waals surface area contributed by atoms with Crippen molar-refractivity contribution in [1.82, 2.24) is 19.1 Å². The fraction of sp³-hybridized carbons (Fsp3) is 0.0465. The summed E-state index contributed by atoms with van der Waals surface area (Å²) >= 11 is 0. The van der Waals surface area contributed by atoms with Crippen LogP contribution in [0.4, 0.5) is 0 Å². The smallest absolute Gasteiger partial charge is 0.328 e. The maximum Gasteiger partial charge on any atom is 0.328 e. The topological polar surface area (TPSA) is 65.8 Å². The van der Waals surface area contributed by atoms with Crippen molar-refractivity contribution in [3.63, 3.8) is 0 Å². The third-order valence-electron chi connectivity index (χ3n) is 9.44. The van der Waals surface area contributed by atoms with E-state index in [1.807, 2.05) is 61.6 Å². The second kappa shape index (κ2) is 11.3. The van der Waals surface area contributed by atoms with Gasteiger partial charge in [0.1, 0.15) is 11.2 Å². The minimum atomic E-state index is -0.0351. The molecule has 0 bridgehead atoms. The van der Waals surface area contributed by atoms with Gasteiger partial charge >= 0.3 is 5.69 Å². The zero-order chi connectivity index (χ0) is 33.1. The quantitative estimate of drug-likeness (QED) is 0.189. The molecule has 0 spiro atoms. The highest BCUT2D eigenvalue weighted by Gasteiger charge is 2.18. The lowest BCUT2D eigenvalue weighted by Gasteiger charge is -2.13. The molecule has 0 saturated carbocycles. The van der Waals surface area contributed by atoms with Crippen LogP contribution in [0.5, 0.6) is 0 Å². The van der Waals surface area contributed by atoms with E-state index in [2.05, 4.69) is 91.0 Å². The predicted octanol–water partition coefficient (Wildman–Crippen LogP) is 9.90. The predicted molar refractivity (Wildman–Crippen MR) is 198 cm³/mol. The molecule has 0 amide bonds. The van der Waals surface area contributed by atoms with Crippen molar-refractivity contribution in [2.45, 2.75) is 0 Å². The van der Waals surface area contributed by atoms with Crippen LogP contribution >= 0.6 is 0 Å². The van der Waals surface area contributed by atoms with Gasteiger partial charge in [-0.05, 0) is 41.0 Å². The number of aryl methyl sites for hydroxylation is 2. The number of furan rings is 1. The van der Waals surface area contributed by atoms with Gasteiger partial charge in [-0.1, -0.05) is 121 Å². The summed E-state index contributed by atoms with van der Waals surface area (Å²) in [4.78, 5) is 22.7. The van der Waals surface area contributed by atoms with E-state index in [1.54, 1.807) is 16.2 Å². The Morgan fingerprint density at radius 1 is 0.490 bits per heavy atom. The molecule has 0 atom stereocenters. The lowest BCUT2D eigenvalue weighted by Crippen LogP contribution is -2.19. The van der Waals surface area contributed by atoms with Gasteiger partial charge in [0, 0.05) is 47.1 Å². The number of fused-ring (bicyclic) bond motifs is 4. The largest absolute Gasteiger partial charge is 0.455 e. The molecule has 0 fully saturated rings. The molecule has 6 aromatic carbocycles. The minimum Gasteiger partial charge on any atom is -0.455 e. The highest BCUT2D eigenvalue weighted by atomic mass is 16.3. The van der Waals surface area contributed by atoms with Gasteiger partial charge in [-0.2, -0.15) is 0 Å². The first-order chi connectivity index (χ1) is 24.0. The Hall–Kier alpha value is -6.53. The van der Waals surface area contributed by atoms with Crippen LogP contribution in [0, 0.1) is 0 Å². The Labute approximate surface area is 282 Å². The van der Waals surface area contributed by atoms with Gasteiger partial charge in [0.2, 0.25) is 0 Å². The standard InChI is InChI=1S/C43H30N4O2/c1-46-38-24-23-30(25-39(38)47(2)43(46)48)27-19-21-28(22-20-27)36-26-37(45-42(44-36)29-11-4-3-5-12-29)32-14-7-6-13-31(32)34-16-10-17-35-33-15-8-9-18-40(33)49-41(34)35/h3-26H,1-2H3. The van der Waals surface area contributed by atoms with E-state index < -0.39 is 0 Å². The van der Waals surface area contributed by atoms with Crippen LogP contribution in [-0.4, -0.2) is 19.1 Å². The first-order valence-corrected chi connectivity index (χ1v) is 16.2. The summed E-state index contributed by atoms with van der Waals surface area (Å²) in [7, 11) is 3.61. The van der Waals surface area contributed by atoms with Gasteiger partial charge in [0.05, 0.1) is 22.4 Å². The molecule has 9 aromatic rings. The molecule has 49 heavy (non-hydrogen) atoms. The first-order valence-electron chi connectivity index (χ1n) is 16.2. The third-order valence-corrected chi connectivity index (χ3v) is 9.44. The van der Waals surface area contributed by atoms with Crippen molar-refractivity contribution in [2.24, 2.45) is 14.1 Å². The summed E-state index contributed by atoms with van der Waals surface area (Å²) in [5.41, 5.74) is 12.2. The highest BCUT2D eigenvalue weighted by molar-refractivity contribution is 6.10. The molecule has 0 unspecified atom stereocenters. The number of nitrogens with zero attached hydrogens (tertiary/aromatic N) is 4. The van der Waals surface area contributed by atoms with E-state index >= 15 is 0 Å². The van der Waals surface area contributed by atoms with Crippen LogP contribution in [-0.2, 0) is 14.1 Å². The normalized spacial score (nSPS) is 11.6. The Morgan fingerprint density at radius 3 is 1.96 bits per heavy atom. The van der Waals surface area contributed by atoms with Crippen molar-refractivity contribution >= 4 is 33.0 Å². The van der Waals surface area contributed by atoms with Gasteiger partial charge in [0.25, 0.3) is 0 Å². The van der Waals surface area contributed by atoms with E-state index in [0.717, 1.165) is 83.3 Å². The molecule has 3 heterocycles. The van der Waals surface area contributed by atoms with Crippen LogP contribution in [0.1, 0.15) is 0 Å². The fourth-order valence-electron chi connectivity index (χ4n) is 6.87. The number of hydrogen-bond donors (Lipinski definition) is 0. The molecule has 0 aliphatic rings. The number of imidazole rings is 1. The molecule has 234 valence electrons. The number of benzene rings is 6. The van der Waals surface area contributed by atoms with Crippen molar-refractivity contribution in [3.8, 4) is 56.2 Å². The summed E-state index contributed by atoms with van der Waals surface area (Å²) in [6.07, 6.45) is 0. The van der Waals surface area contributed by atoms with Crippen LogP contribution in [0.2, 0.25) is 0 Å². The average Bonchev–Trinajstić information content (AvgIpc) is 3.65. The summed E-state index contributed by atoms with van der Waals surface area (Å²) in [6.45, 7) is 0. The molecular formula is C43H30N4O2. The van der Waals surface area contributed by atoms with Crippen LogP contribution in [0.25, 0.3) is 89.1 Å². The summed E-state index contributed by atoms with van der Waals surface area (Å²) in [5, 5.41) is 2.19. The van der Waals surface area contributed by atoms with Gasteiger partial charge in [-0.25, -0.2) is 14.8 Å². The summed E-state index contributed by atoms with van der Waals surface area (Å²) in [5.74, 6) is 0.657. The molecule has 3 aromatic heterocycles. The van der Waals surface area contributed by atoms with Crippen molar-refractivity contribution in [3.05, 3.63) is 156 Å². The maximum absolute atomic E-state index is 12.5. The van der Waals surface area contributed by atoms with Crippen molar-refractivity contribution < 1.29 is 4.42 Å². The Balaban J connectivity index is 1.18. The Morgan fingerprint density at radius 2 is 1.12 bits per heavy atom. The molecule has 0 radical (unpaired) electrons. The average molecular weight is 635 g/mol. The monoisotopic (exact) mass is 634 g/mol. The van der Waals surface area contributed by atoms with Gasteiger partial charge in [-0.3, -0.25) is 9.13 Å². The van der Waals surface area contributed by atoms with E-state index in [9.17, 15) is 4.79 Å². The molecule has 0 saturated heterocycles. The number of hydrogen-bond acceptors (Lipinski definition) is 4. The lowest BCUT2D eigenvalue weighted by atomic mass is 9.95. The van der Waals surface area contributed by atoms with Crippen molar-refractivity contribution in [2.75, 3.05) is 0 Å². The molecule has 0 aliphatic heterocycles. The lowest BCUT2D eigenvalue weighted by molar-refractivity contribution is 0.670. The summed E-state index contributed by atoms with van der Waals surface area (Å²) < 4.78 is 9.81. The fourth-order valence-corrected chi connectivity index (χ4v) is 6.87. The van der Waals surface area contributed by atoms with Gasteiger partial charge < -0.3 is 4.42 Å². The third kappa shape index (κ3) is 4.76. The molecule has 6 nitrogen and oxygen atoms in total. The van der Waals surface area contributed by atoms with Crippen LogP contribution in [0.3, 0.4) is 0 Å². The van der Waals surface area contributed by atoms with E-state index in [1.165, 1.54) is 0 Å². The first kappa shape index (κ1) is 28.7. The molecular weight excluding hydrogens is 604 g/mol. The zero-order valence-electron chi connectivity index (χ0n) is 27.0. The molecule has 9 rings (SSSR count). The number of aromatic nitrogens is 4. The van der Waals surface area contributed by atoms with Gasteiger partial charge in [0.15, 0.2) is 5.82 Å². The van der Waals surface area contributed by atoms with Gasteiger partial charge in [-0.15, -0.1) is 0 Å².